The summed E-state index contributed by atoms with van der Waals surface area (Å²) in [5.41, 5.74) is 2.54. The van der Waals surface area contributed by atoms with E-state index in [1.807, 2.05) is 25.1 Å². The van der Waals surface area contributed by atoms with Gasteiger partial charge in [0.1, 0.15) is 0 Å². The molecule has 0 fully saturated rings. The number of amides is 1. The predicted octanol–water partition coefficient (Wildman–Crippen LogP) is 2.43. The third kappa shape index (κ3) is 4.78. The van der Waals surface area contributed by atoms with E-state index in [0.717, 1.165) is 11.1 Å². The summed E-state index contributed by atoms with van der Waals surface area (Å²) in [5.74, 6) is -0.901. The standard InChI is InChI=1S/C18H18N2O3/c1-13-5-8-15(9-6-13)17(18(22)23-2)20-16(21)10-7-14-4-3-11-19-12-14/h3-12,17H,1-2H3,(H,20,21). The lowest BCUT2D eigenvalue weighted by atomic mass is 10.1. The van der Waals surface area contributed by atoms with Crippen LogP contribution in [0.3, 0.4) is 0 Å². The van der Waals surface area contributed by atoms with E-state index in [0.29, 0.717) is 5.56 Å². The number of ether oxygens (including phenoxy) is 1. The fraction of sp³-hybridized carbons (Fsp3) is 0.167. The Morgan fingerprint density at radius 1 is 1.22 bits per heavy atom. The quantitative estimate of drug-likeness (QED) is 0.680. The highest BCUT2D eigenvalue weighted by Gasteiger charge is 2.22. The molecule has 5 heteroatoms. The average Bonchev–Trinajstić information content (AvgIpc) is 2.59. The molecule has 2 aromatic rings. The zero-order valence-electron chi connectivity index (χ0n) is 13.0. The summed E-state index contributed by atoms with van der Waals surface area (Å²) in [6.07, 6.45) is 6.29. The Morgan fingerprint density at radius 3 is 2.57 bits per heavy atom. The average molecular weight is 310 g/mol. The second-order valence-corrected chi connectivity index (χ2v) is 5.00. The van der Waals surface area contributed by atoms with Crippen LogP contribution in [-0.4, -0.2) is 24.0 Å². The number of aromatic nitrogens is 1. The Balaban J connectivity index is 2.11. The number of nitrogens with one attached hydrogen (secondary N) is 1. The maximum atomic E-state index is 12.1. The van der Waals surface area contributed by atoms with E-state index in [4.69, 9.17) is 4.74 Å². The first-order valence-electron chi connectivity index (χ1n) is 7.13. The van der Waals surface area contributed by atoms with Crippen LogP contribution in [0.2, 0.25) is 0 Å². The second-order valence-electron chi connectivity index (χ2n) is 5.00. The smallest absolute Gasteiger partial charge is 0.333 e. The molecule has 0 saturated carbocycles. The molecule has 1 aromatic heterocycles. The number of benzene rings is 1. The molecule has 0 saturated heterocycles. The van der Waals surface area contributed by atoms with E-state index < -0.39 is 12.0 Å². The number of aryl methyl sites for hydroxylation is 1. The van der Waals surface area contributed by atoms with E-state index in [1.54, 1.807) is 36.7 Å². The topological polar surface area (TPSA) is 68.3 Å². The number of nitrogens with zero attached hydrogens (tertiary/aromatic N) is 1. The zero-order chi connectivity index (χ0) is 16.7. The fourth-order valence-corrected chi connectivity index (χ4v) is 1.99. The molecule has 0 aliphatic rings. The van der Waals surface area contributed by atoms with E-state index in [-0.39, 0.29) is 5.91 Å². The van der Waals surface area contributed by atoms with Crippen LogP contribution in [0.15, 0.2) is 54.9 Å². The van der Waals surface area contributed by atoms with Crippen molar-refractivity contribution in [2.24, 2.45) is 0 Å². The van der Waals surface area contributed by atoms with Gasteiger partial charge in [0.05, 0.1) is 7.11 Å². The minimum Gasteiger partial charge on any atom is -0.467 e. The minimum atomic E-state index is -0.841. The Bertz CT molecular complexity index is 694. The van der Waals surface area contributed by atoms with Gasteiger partial charge in [0.25, 0.3) is 0 Å². The zero-order valence-corrected chi connectivity index (χ0v) is 13.0. The van der Waals surface area contributed by atoms with Crippen molar-refractivity contribution in [1.82, 2.24) is 10.3 Å². The molecule has 1 atom stereocenters. The Labute approximate surface area is 135 Å². The van der Waals surface area contributed by atoms with Gasteiger partial charge in [0.15, 0.2) is 6.04 Å². The van der Waals surface area contributed by atoms with Crippen LogP contribution in [0, 0.1) is 6.92 Å². The summed E-state index contributed by atoms with van der Waals surface area (Å²) in [6, 6.07) is 10.1. The van der Waals surface area contributed by atoms with Crippen molar-refractivity contribution in [2.45, 2.75) is 13.0 Å². The number of carbonyl (C=O) groups excluding carboxylic acids is 2. The minimum absolute atomic E-state index is 0.384. The van der Waals surface area contributed by atoms with Crippen molar-refractivity contribution in [3.05, 3.63) is 71.6 Å². The molecular formula is C18H18N2O3. The van der Waals surface area contributed by atoms with Crippen LogP contribution >= 0.6 is 0 Å². The van der Waals surface area contributed by atoms with E-state index in [9.17, 15) is 9.59 Å². The first-order valence-corrected chi connectivity index (χ1v) is 7.13. The SMILES string of the molecule is COC(=O)C(NC(=O)C=Cc1cccnc1)c1ccc(C)cc1. The first kappa shape index (κ1) is 16.4. The Kier molecular flexibility index (Phi) is 5.63. The molecule has 23 heavy (non-hydrogen) atoms. The van der Waals surface area contributed by atoms with E-state index in [1.165, 1.54) is 13.2 Å². The number of pyridine rings is 1. The second kappa shape index (κ2) is 7.89. The highest BCUT2D eigenvalue weighted by atomic mass is 16.5. The summed E-state index contributed by atoms with van der Waals surface area (Å²) >= 11 is 0. The Morgan fingerprint density at radius 2 is 1.96 bits per heavy atom. The van der Waals surface area contributed by atoms with Crippen LogP contribution in [0.5, 0.6) is 0 Å². The van der Waals surface area contributed by atoms with Crippen LogP contribution in [-0.2, 0) is 14.3 Å². The molecule has 118 valence electrons. The summed E-state index contributed by atoms with van der Waals surface area (Å²) < 4.78 is 4.77. The van der Waals surface area contributed by atoms with Crippen LogP contribution in [0.4, 0.5) is 0 Å². The molecular weight excluding hydrogens is 292 g/mol. The highest BCUT2D eigenvalue weighted by molar-refractivity contribution is 5.94. The fourth-order valence-electron chi connectivity index (χ4n) is 1.99. The van der Waals surface area contributed by atoms with E-state index in [2.05, 4.69) is 10.3 Å². The van der Waals surface area contributed by atoms with Crippen LogP contribution in [0.25, 0.3) is 6.08 Å². The molecule has 2 rings (SSSR count). The van der Waals surface area contributed by atoms with Gasteiger partial charge in [-0.2, -0.15) is 0 Å². The molecule has 1 unspecified atom stereocenters. The summed E-state index contributed by atoms with van der Waals surface area (Å²) in [7, 11) is 1.29. The molecule has 0 aliphatic carbocycles. The van der Waals surface area contributed by atoms with Crippen molar-refractivity contribution in [1.29, 1.82) is 0 Å². The molecule has 5 nitrogen and oxygen atoms in total. The van der Waals surface area contributed by atoms with Crippen LogP contribution < -0.4 is 5.32 Å². The summed E-state index contributed by atoms with van der Waals surface area (Å²) in [4.78, 5) is 28.0. The van der Waals surface area contributed by atoms with Gasteiger partial charge < -0.3 is 10.1 Å². The molecule has 0 bridgehead atoms. The molecule has 1 aromatic carbocycles. The molecule has 0 aliphatic heterocycles. The number of rotatable bonds is 5. The molecule has 1 amide bonds. The van der Waals surface area contributed by atoms with Crippen LogP contribution in [0.1, 0.15) is 22.7 Å². The van der Waals surface area contributed by atoms with Gasteiger partial charge >= 0.3 is 5.97 Å². The van der Waals surface area contributed by atoms with Gasteiger partial charge in [-0.15, -0.1) is 0 Å². The summed E-state index contributed by atoms with van der Waals surface area (Å²) in [6.45, 7) is 1.95. The van der Waals surface area contributed by atoms with Gasteiger partial charge in [-0.05, 0) is 30.2 Å². The van der Waals surface area contributed by atoms with Gasteiger partial charge in [0.2, 0.25) is 5.91 Å². The molecule has 0 radical (unpaired) electrons. The number of methoxy groups -OCH3 is 1. The predicted molar refractivity (Wildman–Crippen MR) is 87.3 cm³/mol. The maximum Gasteiger partial charge on any atom is 0.333 e. The lowest BCUT2D eigenvalue weighted by Crippen LogP contribution is -2.33. The molecule has 1 heterocycles. The highest BCUT2D eigenvalue weighted by Crippen LogP contribution is 2.15. The molecule has 0 spiro atoms. The maximum absolute atomic E-state index is 12.1. The summed E-state index contributed by atoms with van der Waals surface area (Å²) in [5, 5.41) is 2.65. The monoisotopic (exact) mass is 310 g/mol. The normalized spacial score (nSPS) is 11.9. The van der Waals surface area contributed by atoms with Gasteiger partial charge in [-0.3, -0.25) is 9.78 Å². The van der Waals surface area contributed by atoms with Gasteiger partial charge in [-0.25, -0.2) is 4.79 Å². The third-order valence-electron chi connectivity index (χ3n) is 3.25. The lowest BCUT2D eigenvalue weighted by Gasteiger charge is -2.16. The van der Waals surface area contributed by atoms with Crippen molar-refractivity contribution >= 4 is 18.0 Å². The first-order chi connectivity index (χ1) is 11.1. The van der Waals surface area contributed by atoms with Crippen molar-refractivity contribution < 1.29 is 14.3 Å². The Hall–Kier alpha value is -2.95. The van der Waals surface area contributed by atoms with Gasteiger partial charge in [-0.1, -0.05) is 35.9 Å². The van der Waals surface area contributed by atoms with Crippen molar-refractivity contribution in [3.63, 3.8) is 0 Å². The lowest BCUT2D eigenvalue weighted by molar-refractivity contribution is -0.144. The largest absolute Gasteiger partial charge is 0.467 e. The van der Waals surface area contributed by atoms with Crippen molar-refractivity contribution in [2.75, 3.05) is 7.11 Å². The number of esters is 1. The van der Waals surface area contributed by atoms with E-state index >= 15 is 0 Å². The number of hydrogen-bond donors (Lipinski definition) is 1. The third-order valence-corrected chi connectivity index (χ3v) is 3.25. The van der Waals surface area contributed by atoms with Crippen molar-refractivity contribution in [3.8, 4) is 0 Å². The number of hydrogen-bond acceptors (Lipinski definition) is 4. The van der Waals surface area contributed by atoms with Gasteiger partial charge in [0, 0.05) is 18.5 Å². The molecule has 1 N–H and O–H groups in total. The number of carbonyl (C=O) groups is 2.